The fourth-order valence-corrected chi connectivity index (χ4v) is 1.55. The first-order chi connectivity index (χ1) is 7.20. The molecule has 0 saturated heterocycles. The fourth-order valence-electron chi connectivity index (χ4n) is 1.55. The average molecular weight is 213 g/mol. The molecule has 0 radical (unpaired) electrons. The van der Waals surface area contributed by atoms with Gasteiger partial charge in [-0.15, -0.1) is 0 Å². The predicted octanol–water partition coefficient (Wildman–Crippen LogP) is 3.02. The quantitative estimate of drug-likeness (QED) is 0.649. The largest absolute Gasteiger partial charge is 0.391 e. The number of hydrogen-bond donors (Lipinski definition) is 2. The zero-order valence-electron chi connectivity index (χ0n) is 11.0. The van der Waals surface area contributed by atoms with Gasteiger partial charge in [0.15, 0.2) is 0 Å². The molecule has 1 rings (SSSR count). The first kappa shape index (κ1) is 16.8. The van der Waals surface area contributed by atoms with Gasteiger partial charge in [-0.25, -0.2) is 0 Å². The van der Waals surface area contributed by atoms with Crippen LogP contribution in [0.15, 0.2) is 23.3 Å². The molecular weight excluding hydrogens is 186 g/mol. The highest BCUT2D eigenvalue weighted by atomic mass is 16.3. The van der Waals surface area contributed by atoms with E-state index >= 15 is 0 Å². The third kappa shape index (κ3) is 4.63. The van der Waals surface area contributed by atoms with Gasteiger partial charge in [0.2, 0.25) is 0 Å². The van der Waals surface area contributed by atoms with Gasteiger partial charge in [-0.1, -0.05) is 39.8 Å². The molecule has 0 unspecified atom stereocenters. The Morgan fingerprint density at radius 3 is 1.87 bits per heavy atom. The summed E-state index contributed by atoms with van der Waals surface area (Å²) in [6.07, 6.45) is 4.33. The van der Waals surface area contributed by atoms with Crippen LogP contribution in [0.2, 0.25) is 0 Å². The number of hydrogen-bond acceptors (Lipinski definition) is 2. The van der Waals surface area contributed by atoms with E-state index in [9.17, 15) is 5.11 Å². The lowest BCUT2D eigenvalue weighted by Gasteiger charge is -2.07. The van der Waals surface area contributed by atoms with E-state index < -0.39 is 0 Å². The van der Waals surface area contributed by atoms with Crippen LogP contribution in [0.3, 0.4) is 0 Å². The molecule has 2 heteroatoms. The van der Waals surface area contributed by atoms with Crippen LogP contribution in [0.1, 0.15) is 48.0 Å². The minimum Gasteiger partial charge on any atom is -0.391 e. The highest BCUT2D eigenvalue weighted by Gasteiger charge is 2.29. The van der Waals surface area contributed by atoms with Crippen molar-refractivity contribution < 1.29 is 5.11 Å². The van der Waals surface area contributed by atoms with E-state index in [-0.39, 0.29) is 12.1 Å². The molecule has 2 atom stereocenters. The van der Waals surface area contributed by atoms with E-state index in [1.54, 1.807) is 0 Å². The van der Waals surface area contributed by atoms with E-state index in [4.69, 9.17) is 5.73 Å². The van der Waals surface area contributed by atoms with Gasteiger partial charge in [-0.3, -0.25) is 0 Å². The van der Waals surface area contributed by atoms with Gasteiger partial charge in [0.1, 0.15) is 0 Å². The van der Waals surface area contributed by atoms with Gasteiger partial charge in [0.25, 0.3) is 0 Å². The Morgan fingerprint density at radius 1 is 1.13 bits per heavy atom. The number of aliphatic hydroxyl groups is 1. The Bertz CT molecular complexity index is 207. The lowest BCUT2D eigenvalue weighted by Crippen LogP contribution is -2.30. The van der Waals surface area contributed by atoms with Crippen LogP contribution in [0.4, 0.5) is 0 Å². The maximum absolute atomic E-state index is 9.39. The maximum Gasteiger partial charge on any atom is 0.0772 e. The summed E-state index contributed by atoms with van der Waals surface area (Å²) >= 11 is 0. The summed E-state index contributed by atoms with van der Waals surface area (Å²) in [6, 6.07) is -0.175. The molecule has 0 amide bonds. The molecule has 0 aromatic rings. The summed E-state index contributed by atoms with van der Waals surface area (Å²) < 4.78 is 0. The minimum absolute atomic E-state index is 0.175. The average Bonchev–Trinajstić information content (AvgIpc) is 2.60. The van der Waals surface area contributed by atoms with Gasteiger partial charge in [0, 0.05) is 6.42 Å². The van der Waals surface area contributed by atoms with Crippen molar-refractivity contribution in [3.63, 3.8) is 0 Å². The van der Waals surface area contributed by atoms with Crippen molar-refractivity contribution in [2.45, 2.75) is 60.1 Å². The second-order valence-electron chi connectivity index (χ2n) is 2.86. The lowest BCUT2D eigenvalue weighted by atomic mass is 10.1. The van der Waals surface area contributed by atoms with Gasteiger partial charge in [0.05, 0.1) is 12.1 Å². The molecule has 0 aliphatic heterocycles. The Labute approximate surface area is 94.9 Å². The number of rotatable bonds is 0. The molecule has 1 fully saturated rings. The molecule has 3 N–H and O–H groups in total. The van der Waals surface area contributed by atoms with Crippen molar-refractivity contribution in [1.82, 2.24) is 0 Å². The highest BCUT2D eigenvalue weighted by Crippen LogP contribution is 2.29. The van der Waals surface area contributed by atoms with Crippen molar-refractivity contribution in [1.29, 1.82) is 0 Å². The Balaban J connectivity index is 0. The summed E-state index contributed by atoms with van der Waals surface area (Å²) in [4.78, 5) is 0. The van der Waals surface area contributed by atoms with Crippen molar-refractivity contribution >= 4 is 0 Å². The van der Waals surface area contributed by atoms with Gasteiger partial charge in [-0.05, 0) is 25.0 Å². The van der Waals surface area contributed by atoms with Crippen LogP contribution in [0.5, 0.6) is 0 Å². The van der Waals surface area contributed by atoms with Crippen LogP contribution in [-0.2, 0) is 0 Å². The van der Waals surface area contributed by atoms with E-state index in [0.29, 0.717) is 6.42 Å². The normalized spacial score (nSPS) is 29.3. The van der Waals surface area contributed by atoms with Crippen LogP contribution >= 0.6 is 0 Å². The second-order valence-corrected chi connectivity index (χ2v) is 2.86. The van der Waals surface area contributed by atoms with Gasteiger partial charge < -0.3 is 10.8 Å². The van der Waals surface area contributed by atoms with Crippen molar-refractivity contribution in [2.75, 3.05) is 0 Å². The zero-order chi connectivity index (χ0) is 12.4. The molecule has 0 heterocycles. The number of aliphatic hydroxyl groups excluding tert-OH is 1. The second kappa shape index (κ2) is 9.94. The molecule has 0 spiro atoms. The molecule has 0 bridgehead atoms. The molecule has 0 aromatic carbocycles. The van der Waals surface area contributed by atoms with E-state index in [1.807, 2.05) is 53.7 Å². The topological polar surface area (TPSA) is 46.2 Å². The molecule has 0 aromatic heterocycles. The summed E-state index contributed by atoms with van der Waals surface area (Å²) in [7, 11) is 0. The van der Waals surface area contributed by atoms with E-state index in [0.717, 1.165) is 5.57 Å². The zero-order valence-corrected chi connectivity index (χ0v) is 11.0. The smallest absolute Gasteiger partial charge is 0.0772 e. The van der Waals surface area contributed by atoms with E-state index in [1.165, 1.54) is 5.57 Å². The molecule has 1 saturated carbocycles. The SMILES string of the molecule is C/C=C1/C[C@@H](O)[C@@H](N)/C1=C/C.CC.CC. The van der Waals surface area contributed by atoms with Crippen molar-refractivity contribution in [2.24, 2.45) is 5.73 Å². The van der Waals surface area contributed by atoms with Crippen LogP contribution in [0, 0.1) is 0 Å². The van der Waals surface area contributed by atoms with Gasteiger partial charge >= 0.3 is 0 Å². The molecule has 1 aliphatic carbocycles. The number of nitrogens with two attached hydrogens (primary N) is 1. The first-order valence-corrected chi connectivity index (χ1v) is 5.96. The molecular formula is C13H27NO. The van der Waals surface area contributed by atoms with E-state index in [2.05, 4.69) is 0 Å². The molecule has 15 heavy (non-hydrogen) atoms. The Morgan fingerprint density at radius 2 is 1.60 bits per heavy atom. The third-order valence-corrected chi connectivity index (χ3v) is 2.23. The van der Waals surface area contributed by atoms with Crippen molar-refractivity contribution in [3.8, 4) is 0 Å². The van der Waals surface area contributed by atoms with Gasteiger partial charge in [-0.2, -0.15) is 0 Å². The minimum atomic E-state index is -0.382. The molecule has 2 nitrogen and oxygen atoms in total. The Kier molecular flexibility index (Phi) is 11.1. The lowest BCUT2D eigenvalue weighted by molar-refractivity contribution is 0.173. The molecule has 1 aliphatic rings. The molecule has 90 valence electrons. The fraction of sp³-hybridized carbons (Fsp3) is 0.692. The monoisotopic (exact) mass is 213 g/mol. The standard InChI is InChI=1S/C9H15NO.2C2H6/c1-3-6-5-8(11)9(10)7(6)4-2;2*1-2/h3-4,8-9,11H,5,10H2,1-2H3;2*1-2H3/b6-3-,7-4+;;/t8-,9+;;/m1../s1. The summed E-state index contributed by atoms with van der Waals surface area (Å²) in [5, 5.41) is 9.39. The van der Waals surface area contributed by atoms with Crippen LogP contribution in [-0.4, -0.2) is 17.3 Å². The Hall–Kier alpha value is -0.600. The third-order valence-electron chi connectivity index (χ3n) is 2.23. The first-order valence-electron chi connectivity index (χ1n) is 5.96. The van der Waals surface area contributed by atoms with Crippen molar-refractivity contribution in [3.05, 3.63) is 23.3 Å². The van der Waals surface area contributed by atoms with Crippen LogP contribution < -0.4 is 5.73 Å². The highest BCUT2D eigenvalue weighted by molar-refractivity contribution is 5.41. The maximum atomic E-state index is 9.39. The summed E-state index contributed by atoms with van der Waals surface area (Å²) in [6.45, 7) is 11.9. The summed E-state index contributed by atoms with van der Waals surface area (Å²) in [5.74, 6) is 0. The summed E-state index contributed by atoms with van der Waals surface area (Å²) in [5.41, 5.74) is 8.02. The number of allylic oxidation sites excluding steroid dienone is 2. The predicted molar refractivity (Wildman–Crippen MR) is 68.8 cm³/mol. The van der Waals surface area contributed by atoms with Crippen LogP contribution in [0.25, 0.3) is 0 Å².